The van der Waals surface area contributed by atoms with Crippen molar-refractivity contribution in [1.82, 2.24) is 10.1 Å². The maximum atomic E-state index is 13.5. The molecule has 1 aromatic carbocycles. The van der Waals surface area contributed by atoms with E-state index in [1.54, 1.807) is 0 Å². The average molecular weight is 267 g/mol. The Labute approximate surface area is 109 Å². The zero-order valence-corrected chi connectivity index (χ0v) is 10.6. The molecule has 0 aliphatic heterocycles. The molecule has 2 rings (SSSR count). The zero-order chi connectivity index (χ0) is 13.8. The standard InChI is InChI=1S/C13H15F2N3O/c1-2-9(16)7-11-17-12(19-18-11)6-8-4-3-5-10(14)13(8)15/h3-5,9H,2,6-7,16H2,1H3. The second kappa shape index (κ2) is 5.88. The molecule has 6 heteroatoms. The third-order valence-electron chi connectivity index (χ3n) is 2.85. The van der Waals surface area contributed by atoms with Crippen molar-refractivity contribution in [3.05, 3.63) is 47.1 Å². The quantitative estimate of drug-likeness (QED) is 0.902. The topological polar surface area (TPSA) is 64.9 Å². The van der Waals surface area contributed by atoms with Gasteiger partial charge in [-0.25, -0.2) is 8.78 Å². The number of hydrogen-bond donors (Lipinski definition) is 1. The Balaban J connectivity index is 2.09. The van der Waals surface area contributed by atoms with E-state index in [1.165, 1.54) is 12.1 Å². The van der Waals surface area contributed by atoms with Crippen LogP contribution >= 0.6 is 0 Å². The first-order valence-corrected chi connectivity index (χ1v) is 6.10. The number of benzene rings is 1. The van der Waals surface area contributed by atoms with Gasteiger partial charge in [-0.1, -0.05) is 24.2 Å². The van der Waals surface area contributed by atoms with E-state index >= 15 is 0 Å². The number of hydrogen-bond acceptors (Lipinski definition) is 4. The predicted molar refractivity (Wildman–Crippen MR) is 65.4 cm³/mol. The molecule has 2 aromatic rings. The molecule has 0 spiro atoms. The van der Waals surface area contributed by atoms with Crippen molar-refractivity contribution < 1.29 is 13.3 Å². The summed E-state index contributed by atoms with van der Waals surface area (Å²) < 4.78 is 31.5. The van der Waals surface area contributed by atoms with Crippen LogP contribution in [-0.2, 0) is 12.8 Å². The Hall–Kier alpha value is -1.82. The van der Waals surface area contributed by atoms with Gasteiger partial charge in [-0.15, -0.1) is 0 Å². The first kappa shape index (κ1) is 13.6. The molecule has 4 nitrogen and oxygen atoms in total. The normalized spacial score (nSPS) is 12.6. The van der Waals surface area contributed by atoms with Gasteiger partial charge in [-0.05, 0) is 12.5 Å². The van der Waals surface area contributed by atoms with E-state index in [4.69, 9.17) is 10.3 Å². The van der Waals surface area contributed by atoms with Crippen molar-refractivity contribution in [3.63, 3.8) is 0 Å². The highest BCUT2D eigenvalue weighted by atomic mass is 19.2. The fourth-order valence-electron chi connectivity index (χ4n) is 1.67. The van der Waals surface area contributed by atoms with Crippen LogP contribution in [0.4, 0.5) is 8.78 Å². The Bertz CT molecular complexity index is 557. The Morgan fingerprint density at radius 3 is 2.89 bits per heavy atom. The molecule has 0 fully saturated rings. The van der Waals surface area contributed by atoms with Crippen molar-refractivity contribution in [2.24, 2.45) is 5.73 Å². The summed E-state index contributed by atoms with van der Waals surface area (Å²) in [6.45, 7) is 1.97. The van der Waals surface area contributed by atoms with Crippen molar-refractivity contribution in [2.45, 2.75) is 32.2 Å². The molecular formula is C13H15F2N3O. The van der Waals surface area contributed by atoms with Crippen molar-refractivity contribution >= 4 is 0 Å². The van der Waals surface area contributed by atoms with Gasteiger partial charge < -0.3 is 10.3 Å². The summed E-state index contributed by atoms with van der Waals surface area (Å²) in [5.41, 5.74) is 5.97. The summed E-state index contributed by atoms with van der Waals surface area (Å²) >= 11 is 0. The minimum absolute atomic E-state index is 0.0312. The number of aromatic nitrogens is 2. The highest BCUT2D eigenvalue weighted by Gasteiger charge is 2.13. The van der Waals surface area contributed by atoms with Gasteiger partial charge in [0.1, 0.15) is 0 Å². The molecule has 0 aliphatic carbocycles. The maximum Gasteiger partial charge on any atom is 0.231 e. The lowest BCUT2D eigenvalue weighted by Crippen LogP contribution is -2.22. The Morgan fingerprint density at radius 2 is 2.16 bits per heavy atom. The van der Waals surface area contributed by atoms with Crippen LogP contribution in [0.3, 0.4) is 0 Å². The van der Waals surface area contributed by atoms with Crippen LogP contribution in [0.15, 0.2) is 22.7 Å². The third kappa shape index (κ3) is 3.35. The largest absolute Gasteiger partial charge is 0.339 e. The minimum Gasteiger partial charge on any atom is -0.339 e. The first-order chi connectivity index (χ1) is 9.10. The molecule has 1 aromatic heterocycles. The summed E-state index contributed by atoms with van der Waals surface area (Å²) in [6, 6.07) is 3.97. The van der Waals surface area contributed by atoms with E-state index in [2.05, 4.69) is 10.1 Å². The lowest BCUT2D eigenvalue weighted by molar-refractivity contribution is 0.375. The van der Waals surface area contributed by atoms with Crippen LogP contribution < -0.4 is 5.73 Å². The number of halogens is 2. The fourth-order valence-corrected chi connectivity index (χ4v) is 1.67. The molecule has 2 N–H and O–H groups in total. The lowest BCUT2D eigenvalue weighted by Gasteiger charge is -2.02. The van der Waals surface area contributed by atoms with E-state index in [9.17, 15) is 8.78 Å². The minimum atomic E-state index is -0.884. The third-order valence-corrected chi connectivity index (χ3v) is 2.85. The Morgan fingerprint density at radius 1 is 1.37 bits per heavy atom. The van der Waals surface area contributed by atoms with E-state index < -0.39 is 11.6 Å². The second-order valence-corrected chi connectivity index (χ2v) is 4.37. The molecule has 1 unspecified atom stereocenters. The monoisotopic (exact) mass is 267 g/mol. The number of nitrogens with two attached hydrogens (primary N) is 1. The summed E-state index contributed by atoms with van der Waals surface area (Å²) in [6.07, 6.45) is 1.38. The van der Waals surface area contributed by atoms with E-state index in [-0.39, 0.29) is 23.9 Å². The zero-order valence-electron chi connectivity index (χ0n) is 10.6. The molecule has 1 heterocycles. The second-order valence-electron chi connectivity index (χ2n) is 4.37. The van der Waals surface area contributed by atoms with Crippen LogP contribution in [0.1, 0.15) is 30.6 Å². The Kier molecular flexibility index (Phi) is 4.21. The first-order valence-electron chi connectivity index (χ1n) is 6.10. The summed E-state index contributed by atoms with van der Waals surface area (Å²) in [5, 5.41) is 3.77. The van der Waals surface area contributed by atoms with Crippen LogP contribution in [-0.4, -0.2) is 16.2 Å². The van der Waals surface area contributed by atoms with E-state index in [0.717, 1.165) is 12.5 Å². The van der Waals surface area contributed by atoms with Crippen molar-refractivity contribution in [3.8, 4) is 0 Å². The predicted octanol–water partition coefficient (Wildman–Crippen LogP) is 2.22. The fraction of sp³-hybridized carbons (Fsp3) is 0.385. The summed E-state index contributed by atoms with van der Waals surface area (Å²) in [4.78, 5) is 4.12. The van der Waals surface area contributed by atoms with Gasteiger partial charge in [0.2, 0.25) is 5.89 Å². The smallest absolute Gasteiger partial charge is 0.231 e. The van der Waals surface area contributed by atoms with Gasteiger partial charge in [-0.3, -0.25) is 0 Å². The molecular weight excluding hydrogens is 252 g/mol. The molecule has 0 saturated carbocycles. The van der Waals surface area contributed by atoms with Gasteiger partial charge in [-0.2, -0.15) is 4.98 Å². The average Bonchev–Trinajstić information content (AvgIpc) is 2.82. The molecule has 0 aliphatic rings. The number of nitrogens with zero attached hydrogens (tertiary/aromatic N) is 2. The van der Waals surface area contributed by atoms with E-state index in [0.29, 0.717) is 12.2 Å². The number of rotatable bonds is 5. The molecule has 102 valence electrons. The van der Waals surface area contributed by atoms with Crippen molar-refractivity contribution in [2.75, 3.05) is 0 Å². The van der Waals surface area contributed by atoms with Crippen LogP contribution in [0.2, 0.25) is 0 Å². The molecule has 0 amide bonds. The summed E-state index contributed by atoms with van der Waals surface area (Å²) in [7, 11) is 0. The molecule has 0 bridgehead atoms. The highest BCUT2D eigenvalue weighted by Crippen LogP contribution is 2.15. The molecule has 19 heavy (non-hydrogen) atoms. The highest BCUT2D eigenvalue weighted by molar-refractivity contribution is 5.21. The van der Waals surface area contributed by atoms with Crippen LogP contribution in [0, 0.1) is 11.6 Å². The summed E-state index contributed by atoms with van der Waals surface area (Å²) in [5.74, 6) is -1.03. The van der Waals surface area contributed by atoms with Gasteiger partial charge in [0.25, 0.3) is 0 Å². The molecule has 0 saturated heterocycles. The molecule has 1 atom stereocenters. The SMILES string of the molecule is CCC(N)Cc1noc(Cc2cccc(F)c2F)n1. The van der Waals surface area contributed by atoms with Crippen LogP contribution in [0.25, 0.3) is 0 Å². The van der Waals surface area contributed by atoms with Gasteiger partial charge in [0.05, 0.1) is 6.42 Å². The van der Waals surface area contributed by atoms with Crippen molar-refractivity contribution in [1.29, 1.82) is 0 Å². The van der Waals surface area contributed by atoms with Crippen LogP contribution in [0.5, 0.6) is 0 Å². The molecule has 0 radical (unpaired) electrons. The van der Waals surface area contributed by atoms with Gasteiger partial charge in [0, 0.05) is 18.0 Å². The maximum absolute atomic E-state index is 13.5. The van der Waals surface area contributed by atoms with E-state index in [1.807, 2.05) is 6.92 Å². The lowest BCUT2D eigenvalue weighted by atomic mass is 10.1. The van der Waals surface area contributed by atoms with Gasteiger partial charge >= 0.3 is 0 Å². The van der Waals surface area contributed by atoms with Gasteiger partial charge in [0.15, 0.2) is 17.5 Å².